The van der Waals surface area contributed by atoms with Crippen LogP contribution in [0.1, 0.15) is 21.9 Å². The van der Waals surface area contributed by atoms with Gasteiger partial charge in [0.15, 0.2) is 5.82 Å². The van der Waals surface area contributed by atoms with Gasteiger partial charge in [0.2, 0.25) is 5.16 Å². The Balaban J connectivity index is 1.61. The van der Waals surface area contributed by atoms with Gasteiger partial charge >= 0.3 is 5.97 Å². The summed E-state index contributed by atoms with van der Waals surface area (Å²) in [5, 5.41) is 8.38. The highest BCUT2D eigenvalue weighted by atomic mass is 32.2. The summed E-state index contributed by atoms with van der Waals surface area (Å²) >= 11 is 1.25. The third kappa shape index (κ3) is 3.97. The summed E-state index contributed by atoms with van der Waals surface area (Å²) in [4.78, 5) is 11.6. The van der Waals surface area contributed by atoms with Crippen molar-refractivity contribution in [3.05, 3.63) is 59.6 Å². The summed E-state index contributed by atoms with van der Waals surface area (Å²) in [6, 6.07) is 7.15. The van der Waals surface area contributed by atoms with Crippen LogP contribution in [0.25, 0.3) is 0 Å². The van der Waals surface area contributed by atoms with Gasteiger partial charge in [0.1, 0.15) is 29.5 Å². The number of carbonyl (C=O) groups is 1. The lowest BCUT2D eigenvalue weighted by molar-refractivity contribution is 0.0598. The zero-order valence-corrected chi connectivity index (χ0v) is 14.5. The first-order valence-corrected chi connectivity index (χ1v) is 8.42. The highest BCUT2D eigenvalue weighted by Gasteiger charge is 2.17. The fourth-order valence-electron chi connectivity index (χ4n) is 2.06. The normalized spacial score (nSPS) is 10.7. The molecule has 136 valence electrons. The molecule has 0 atom stereocenters. The van der Waals surface area contributed by atoms with Crippen LogP contribution in [-0.2, 0) is 17.1 Å². The van der Waals surface area contributed by atoms with E-state index in [1.54, 1.807) is 0 Å². The molecule has 0 radical (unpaired) electrons. The Labute approximate surface area is 152 Å². The van der Waals surface area contributed by atoms with Gasteiger partial charge in [-0.15, -0.1) is 10.2 Å². The largest absolute Gasteiger partial charge is 0.486 e. The Morgan fingerprint density at radius 3 is 2.81 bits per heavy atom. The number of nitrogen functional groups attached to an aromatic ring is 1. The van der Waals surface area contributed by atoms with E-state index in [0.717, 1.165) is 0 Å². The lowest BCUT2D eigenvalue weighted by atomic mass is 10.3. The minimum Gasteiger partial charge on any atom is -0.486 e. The molecular formula is C16H15FN4O4S. The molecule has 8 nitrogen and oxygen atoms in total. The zero-order valence-electron chi connectivity index (χ0n) is 13.7. The molecule has 2 aromatic heterocycles. The average Bonchev–Trinajstić information content (AvgIpc) is 3.26. The number of hydrogen-bond acceptors (Lipinski definition) is 8. The molecule has 2 heterocycles. The maximum Gasteiger partial charge on any atom is 0.341 e. The van der Waals surface area contributed by atoms with E-state index in [-0.39, 0.29) is 12.4 Å². The number of halogens is 1. The predicted octanol–water partition coefficient (Wildman–Crippen LogP) is 2.38. The number of aromatic nitrogens is 3. The smallest absolute Gasteiger partial charge is 0.341 e. The van der Waals surface area contributed by atoms with Gasteiger partial charge in [-0.3, -0.25) is 0 Å². The Kier molecular flexibility index (Phi) is 5.42. The Hall–Kier alpha value is -3.01. The number of nitrogens with two attached hydrogens (primary N) is 1. The van der Waals surface area contributed by atoms with Crippen molar-refractivity contribution in [2.24, 2.45) is 0 Å². The lowest BCUT2D eigenvalue weighted by Gasteiger charge is -2.06. The Morgan fingerprint density at radius 1 is 1.31 bits per heavy atom. The SMILES string of the molecule is COC(=O)c1ccoc1CSc1nnc(COc2ccc(F)cc2)n1N. The molecule has 0 aliphatic rings. The maximum atomic E-state index is 12.9. The van der Waals surface area contributed by atoms with Gasteiger partial charge in [0.25, 0.3) is 0 Å². The van der Waals surface area contributed by atoms with Crippen molar-refractivity contribution in [3.63, 3.8) is 0 Å². The van der Waals surface area contributed by atoms with E-state index in [1.165, 1.54) is 60.1 Å². The van der Waals surface area contributed by atoms with E-state index < -0.39 is 5.97 Å². The van der Waals surface area contributed by atoms with Gasteiger partial charge in [0.05, 0.1) is 19.1 Å². The lowest BCUT2D eigenvalue weighted by Crippen LogP contribution is -2.15. The summed E-state index contributed by atoms with van der Waals surface area (Å²) < 4.78 is 29.6. The second-order valence-electron chi connectivity index (χ2n) is 5.05. The van der Waals surface area contributed by atoms with Crippen molar-refractivity contribution in [1.29, 1.82) is 0 Å². The van der Waals surface area contributed by atoms with Gasteiger partial charge in [0, 0.05) is 0 Å². The fraction of sp³-hybridized carbons (Fsp3) is 0.188. The Bertz CT molecular complexity index is 894. The minimum absolute atomic E-state index is 0.0733. The quantitative estimate of drug-likeness (QED) is 0.379. The van der Waals surface area contributed by atoms with Crippen LogP contribution in [0.5, 0.6) is 5.75 Å². The van der Waals surface area contributed by atoms with Crippen LogP contribution in [0.15, 0.2) is 46.2 Å². The number of hydrogen-bond donors (Lipinski definition) is 1. The second kappa shape index (κ2) is 7.91. The standard InChI is InChI=1S/C16H15FN4O4S/c1-23-15(22)12-6-7-24-13(12)9-26-16-20-19-14(21(16)18)8-25-11-4-2-10(17)3-5-11/h2-7H,8-9,18H2,1H3. The molecule has 0 fully saturated rings. The van der Waals surface area contributed by atoms with E-state index >= 15 is 0 Å². The third-order valence-corrected chi connectivity index (χ3v) is 4.34. The minimum atomic E-state index is -0.475. The number of ether oxygens (including phenoxy) is 2. The van der Waals surface area contributed by atoms with Gasteiger partial charge in [-0.25, -0.2) is 13.9 Å². The summed E-state index contributed by atoms with van der Waals surface area (Å²) in [5.41, 5.74) is 0.350. The number of furan rings is 1. The van der Waals surface area contributed by atoms with E-state index in [0.29, 0.717) is 33.8 Å². The number of methoxy groups -OCH3 is 1. The predicted molar refractivity (Wildman–Crippen MR) is 90.5 cm³/mol. The van der Waals surface area contributed by atoms with Crippen LogP contribution in [0.3, 0.4) is 0 Å². The second-order valence-corrected chi connectivity index (χ2v) is 5.99. The maximum absolute atomic E-state index is 12.9. The number of thioether (sulfide) groups is 1. The van der Waals surface area contributed by atoms with E-state index in [1.807, 2.05) is 0 Å². The topological polar surface area (TPSA) is 105 Å². The Morgan fingerprint density at radius 2 is 2.08 bits per heavy atom. The van der Waals surface area contributed by atoms with Crippen LogP contribution in [0.4, 0.5) is 4.39 Å². The van der Waals surface area contributed by atoms with Crippen molar-refractivity contribution >= 4 is 17.7 Å². The van der Waals surface area contributed by atoms with Crippen LogP contribution >= 0.6 is 11.8 Å². The number of benzene rings is 1. The zero-order chi connectivity index (χ0) is 18.5. The van der Waals surface area contributed by atoms with Gasteiger partial charge in [-0.05, 0) is 30.3 Å². The van der Waals surface area contributed by atoms with Crippen LogP contribution in [0.2, 0.25) is 0 Å². The molecule has 0 saturated heterocycles. The molecule has 3 aromatic rings. The third-order valence-electron chi connectivity index (χ3n) is 3.40. The summed E-state index contributed by atoms with van der Waals surface area (Å²) in [6.45, 7) is 0.0733. The molecule has 0 bridgehead atoms. The highest BCUT2D eigenvalue weighted by molar-refractivity contribution is 7.98. The van der Waals surface area contributed by atoms with Crippen LogP contribution in [0, 0.1) is 5.82 Å². The van der Waals surface area contributed by atoms with Crippen LogP contribution in [-0.4, -0.2) is 28.0 Å². The molecule has 3 rings (SSSR count). The van der Waals surface area contributed by atoms with Crippen molar-refractivity contribution in [2.75, 3.05) is 13.0 Å². The van der Waals surface area contributed by atoms with Crippen molar-refractivity contribution in [2.45, 2.75) is 17.5 Å². The number of nitrogens with zero attached hydrogens (tertiary/aromatic N) is 3. The highest BCUT2D eigenvalue weighted by Crippen LogP contribution is 2.24. The molecule has 26 heavy (non-hydrogen) atoms. The fourth-order valence-corrected chi connectivity index (χ4v) is 2.88. The van der Waals surface area contributed by atoms with E-state index in [4.69, 9.17) is 19.7 Å². The molecule has 1 aromatic carbocycles. The van der Waals surface area contributed by atoms with Crippen molar-refractivity contribution < 1.29 is 23.1 Å². The van der Waals surface area contributed by atoms with Gasteiger partial charge < -0.3 is 19.7 Å². The summed E-state index contributed by atoms with van der Waals surface area (Å²) in [7, 11) is 1.30. The molecule has 0 amide bonds. The van der Waals surface area contributed by atoms with Gasteiger partial charge in [-0.2, -0.15) is 0 Å². The monoisotopic (exact) mass is 378 g/mol. The molecule has 10 heteroatoms. The first kappa shape index (κ1) is 17.8. The van der Waals surface area contributed by atoms with Crippen LogP contribution < -0.4 is 10.6 Å². The average molecular weight is 378 g/mol. The molecule has 2 N–H and O–H groups in total. The molecule has 0 spiro atoms. The number of esters is 1. The van der Waals surface area contributed by atoms with E-state index in [2.05, 4.69) is 10.2 Å². The molecular weight excluding hydrogens is 363 g/mol. The van der Waals surface area contributed by atoms with E-state index in [9.17, 15) is 9.18 Å². The molecule has 0 saturated carbocycles. The first-order valence-electron chi connectivity index (χ1n) is 7.43. The summed E-state index contributed by atoms with van der Waals surface area (Å²) in [5.74, 6) is 6.80. The molecule has 0 aliphatic carbocycles. The molecule has 0 unspecified atom stereocenters. The van der Waals surface area contributed by atoms with Crippen molar-refractivity contribution in [1.82, 2.24) is 14.9 Å². The number of rotatable bonds is 7. The molecule has 0 aliphatic heterocycles. The number of carbonyl (C=O) groups excluding carboxylic acids is 1. The summed E-state index contributed by atoms with van der Waals surface area (Å²) in [6.07, 6.45) is 1.41. The first-order chi connectivity index (χ1) is 12.6. The van der Waals surface area contributed by atoms with Gasteiger partial charge in [-0.1, -0.05) is 11.8 Å². The van der Waals surface area contributed by atoms with Crippen molar-refractivity contribution in [3.8, 4) is 5.75 Å².